The zero-order valence-electron chi connectivity index (χ0n) is 13.8. The third-order valence-corrected chi connectivity index (χ3v) is 3.51. The fourth-order valence-corrected chi connectivity index (χ4v) is 2.12. The number of hydrogen-bond acceptors (Lipinski definition) is 4. The van der Waals surface area contributed by atoms with Crippen molar-refractivity contribution in [2.45, 2.75) is 26.9 Å². The quantitative estimate of drug-likeness (QED) is 0.909. The molecule has 0 bridgehead atoms. The van der Waals surface area contributed by atoms with Crippen LogP contribution in [0.15, 0.2) is 42.7 Å². The van der Waals surface area contributed by atoms with Crippen LogP contribution >= 0.6 is 0 Å². The Morgan fingerprint density at radius 3 is 2.57 bits per heavy atom. The fourth-order valence-electron chi connectivity index (χ4n) is 2.12. The molecule has 0 saturated heterocycles. The molecule has 23 heavy (non-hydrogen) atoms. The van der Waals surface area contributed by atoms with E-state index in [1.54, 1.807) is 31.5 Å². The van der Waals surface area contributed by atoms with Crippen LogP contribution in [-0.4, -0.2) is 23.1 Å². The monoisotopic (exact) mass is 314 g/mol. The molecule has 2 aromatic rings. The van der Waals surface area contributed by atoms with Gasteiger partial charge in [0.25, 0.3) is 0 Å². The molecule has 0 radical (unpaired) electrons. The number of para-hydroxylation sites is 1. The van der Waals surface area contributed by atoms with Crippen LogP contribution in [0.2, 0.25) is 0 Å². The van der Waals surface area contributed by atoms with Crippen LogP contribution in [0.1, 0.15) is 38.0 Å². The van der Waals surface area contributed by atoms with Gasteiger partial charge in [0.15, 0.2) is 0 Å². The number of hydrogen-bond donors (Lipinski definition) is 2. The number of benzene rings is 1. The molecule has 0 aliphatic heterocycles. The zero-order chi connectivity index (χ0) is 17.0. The van der Waals surface area contributed by atoms with Gasteiger partial charge in [-0.1, -0.05) is 39.0 Å². The van der Waals surface area contributed by atoms with Crippen molar-refractivity contribution in [2.75, 3.05) is 12.4 Å². The molecule has 0 fully saturated rings. The van der Waals surface area contributed by atoms with E-state index >= 15 is 0 Å². The Hall–Kier alpha value is -2.40. The normalized spacial score (nSPS) is 12.6. The van der Waals surface area contributed by atoms with Crippen molar-refractivity contribution in [1.82, 2.24) is 4.98 Å². The van der Waals surface area contributed by atoms with Gasteiger partial charge in [0, 0.05) is 22.7 Å². The second kappa shape index (κ2) is 6.79. The summed E-state index contributed by atoms with van der Waals surface area (Å²) in [6, 6.07) is 8.93. The van der Waals surface area contributed by atoms with Gasteiger partial charge in [-0.05, 0) is 12.1 Å². The third kappa shape index (κ3) is 3.87. The largest absolute Gasteiger partial charge is 0.496 e. The summed E-state index contributed by atoms with van der Waals surface area (Å²) < 4.78 is 5.30. The number of ether oxygens (including phenoxy) is 1. The molecule has 1 unspecified atom stereocenters. The molecule has 2 rings (SSSR count). The number of rotatable bonds is 4. The Morgan fingerprint density at radius 2 is 1.91 bits per heavy atom. The second-order valence-corrected chi connectivity index (χ2v) is 6.31. The van der Waals surface area contributed by atoms with Crippen LogP contribution in [0.3, 0.4) is 0 Å². The van der Waals surface area contributed by atoms with Crippen molar-refractivity contribution in [2.24, 2.45) is 5.41 Å². The van der Waals surface area contributed by atoms with E-state index in [-0.39, 0.29) is 5.91 Å². The molecule has 1 aromatic heterocycles. The molecule has 2 N–H and O–H groups in total. The lowest BCUT2D eigenvalue weighted by Crippen LogP contribution is -2.28. The second-order valence-electron chi connectivity index (χ2n) is 6.31. The van der Waals surface area contributed by atoms with Crippen LogP contribution < -0.4 is 10.1 Å². The van der Waals surface area contributed by atoms with Gasteiger partial charge >= 0.3 is 0 Å². The van der Waals surface area contributed by atoms with Gasteiger partial charge < -0.3 is 15.2 Å². The molecule has 1 heterocycles. The molecule has 122 valence electrons. The zero-order valence-corrected chi connectivity index (χ0v) is 13.8. The molecule has 5 nitrogen and oxygen atoms in total. The lowest BCUT2D eigenvalue weighted by atomic mass is 9.95. The summed E-state index contributed by atoms with van der Waals surface area (Å²) >= 11 is 0. The minimum Gasteiger partial charge on any atom is -0.496 e. The summed E-state index contributed by atoms with van der Waals surface area (Å²) in [6.07, 6.45) is 2.20. The van der Waals surface area contributed by atoms with Crippen LogP contribution in [0.4, 0.5) is 5.69 Å². The Bertz CT molecular complexity index is 693. The summed E-state index contributed by atoms with van der Waals surface area (Å²) in [4.78, 5) is 16.3. The van der Waals surface area contributed by atoms with E-state index in [4.69, 9.17) is 4.74 Å². The number of aromatic nitrogens is 1. The lowest BCUT2D eigenvalue weighted by Gasteiger charge is -2.21. The molecule has 0 aliphatic carbocycles. The number of amides is 1. The maximum atomic E-state index is 12.2. The van der Waals surface area contributed by atoms with Crippen LogP contribution in [0, 0.1) is 5.41 Å². The van der Waals surface area contributed by atoms with Gasteiger partial charge in [-0.2, -0.15) is 0 Å². The molecule has 1 amide bonds. The molecule has 1 aromatic carbocycles. The number of anilines is 1. The number of pyridine rings is 1. The predicted molar refractivity (Wildman–Crippen MR) is 89.4 cm³/mol. The van der Waals surface area contributed by atoms with Crippen molar-refractivity contribution in [3.8, 4) is 5.75 Å². The number of aliphatic hydroxyl groups excluding tert-OH is 1. The molecule has 0 aliphatic rings. The molecule has 0 spiro atoms. The Kier molecular flexibility index (Phi) is 5.01. The highest BCUT2D eigenvalue weighted by atomic mass is 16.5. The standard InChI is InChI=1S/C18H22N2O3/c1-18(2,3)17(22)20-14-11-19-10-9-12(14)16(21)13-7-5-6-8-15(13)23-4/h5-11,16,21H,1-4H3,(H,20,22). The first-order valence-corrected chi connectivity index (χ1v) is 7.41. The van der Waals surface area contributed by atoms with E-state index in [0.29, 0.717) is 22.6 Å². The summed E-state index contributed by atoms with van der Waals surface area (Å²) in [6.45, 7) is 5.49. The first kappa shape index (κ1) is 17.0. The molecular formula is C18H22N2O3. The maximum Gasteiger partial charge on any atom is 0.229 e. The maximum absolute atomic E-state index is 12.2. The van der Waals surface area contributed by atoms with Crippen molar-refractivity contribution in [3.63, 3.8) is 0 Å². The van der Waals surface area contributed by atoms with Crippen molar-refractivity contribution < 1.29 is 14.6 Å². The number of carbonyl (C=O) groups excluding carboxylic acids is 1. The highest BCUT2D eigenvalue weighted by Crippen LogP contribution is 2.33. The van der Waals surface area contributed by atoms with Gasteiger partial charge in [0.05, 0.1) is 19.0 Å². The van der Waals surface area contributed by atoms with Crippen molar-refractivity contribution in [1.29, 1.82) is 0 Å². The first-order valence-electron chi connectivity index (χ1n) is 7.41. The number of aliphatic hydroxyl groups is 1. The number of nitrogens with one attached hydrogen (secondary N) is 1. The highest BCUT2D eigenvalue weighted by molar-refractivity contribution is 5.95. The lowest BCUT2D eigenvalue weighted by molar-refractivity contribution is -0.123. The van der Waals surface area contributed by atoms with Crippen LogP contribution in [-0.2, 0) is 4.79 Å². The summed E-state index contributed by atoms with van der Waals surface area (Å²) in [5, 5.41) is 13.6. The van der Waals surface area contributed by atoms with E-state index in [1.165, 1.54) is 6.20 Å². The Morgan fingerprint density at radius 1 is 1.22 bits per heavy atom. The topological polar surface area (TPSA) is 71.5 Å². The smallest absolute Gasteiger partial charge is 0.229 e. The molecular weight excluding hydrogens is 292 g/mol. The number of nitrogens with zero attached hydrogens (tertiary/aromatic N) is 1. The summed E-state index contributed by atoms with van der Waals surface area (Å²) in [7, 11) is 1.56. The van der Waals surface area contributed by atoms with Gasteiger partial charge in [-0.25, -0.2) is 0 Å². The average molecular weight is 314 g/mol. The van der Waals surface area contributed by atoms with Gasteiger partial charge in [-0.15, -0.1) is 0 Å². The Balaban J connectivity index is 2.38. The minimum atomic E-state index is -0.926. The van der Waals surface area contributed by atoms with Crippen LogP contribution in [0.5, 0.6) is 5.75 Å². The number of carbonyl (C=O) groups is 1. The van der Waals surface area contributed by atoms with Crippen LogP contribution in [0.25, 0.3) is 0 Å². The van der Waals surface area contributed by atoms with E-state index in [0.717, 1.165) is 0 Å². The van der Waals surface area contributed by atoms with Gasteiger partial charge in [0.1, 0.15) is 11.9 Å². The minimum absolute atomic E-state index is 0.140. The SMILES string of the molecule is COc1ccccc1C(O)c1ccncc1NC(=O)C(C)(C)C. The highest BCUT2D eigenvalue weighted by Gasteiger charge is 2.24. The molecule has 5 heteroatoms. The number of methoxy groups -OCH3 is 1. The van der Waals surface area contributed by atoms with E-state index in [9.17, 15) is 9.90 Å². The Labute approximate surface area is 136 Å². The first-order chi connectivity index (χ1) is 10.8. The summed E-state index contributed by atoms with van der Waals surface area (Å²) in [5.74, 6) is 0.448. The average Bonchev–Trinajstić information content (AvgIpc) is 2.53. The molecule has 1 atom stereocenters. The van der Waals surface area contributed by atoms with Crippen molar-refractivity contribution >= 4 is 11.6 Å². The van der Waals surface area contributed by atoms with E-state index < -0.39 is 11.5 Å². The van der Waals surface area contributed by atoms with E-state index in [1.807, 2.05) is 32.9 Å². The molecule has 0 saturated carbocycles. The third-order valence-electron chi connectivity index (χ3n) is 3.51. The van der Waals surface area contributed by atoms with Gasteiger partial charge in [0.2, 0.25) is 5.91 Å². The predicted octanol–water partition coefficient (Wildman–Crippen LogP) is 3.16. The van der Waals surface area contributed by atoms with Gasteiger partial charge in [-0.3, -0.25) is 9.78 Å². The van der Waals surface area contributed by atoms with E-state index in [2.05, 4.69) is 10.3 Å². The fraction of sp³-hybridized carbons (Fsp3) is 0.333. The van der Waals surface area contributed by atoms with Crippen molar-refractivity contribution in [3.05, 3.63) is 53.9 Å². The summed E-state index contributed by atoms with van der Waals surface area (Å²) in [5.41, 5.74) is 1.16.